The Bertz CT molecular complexity index is 433. The molecule has 0 aliphatic heterocycles. The van der Waals surface area contributed by atoms with Gasteiger partial charge in [0.2, 0.25) is 0 Å². The Hall–Kier alpha value is -1.59. The fourth-order valence-electron chi connectivity index (χ4n) is 2.38. The molecule has 1 rings (SSSR count). The fraction of sp³-hybridized carbons (Fsp3) is 0.562. The highest BCUT2D eigenvalue weighted by molar-refractivity contribution is 5.78. The topological polar surface area (TPSA) is 75.8 Å². The Kier molecular flexibility index (Phi) is 7.79. The average Bonchev–Trinajstić information content (AvgIpc) is 2.53. The summed E-state index contributed by atoms with van der Waals surface area (Å²) in [4.78, 5) is 14.0. The van der Waals surface area contributed by atoms with Gasteiger partial charge >= 0.3 is 0 Å². The highest BCUT2D eigenvalue weighted by atomic mass is 16.5. The summed E-state index contributed by atoms with van der Waals surface area (Å²) in [5, 5.41) is 9.14. The number of hydrogen-bond acceptors (Lipinski definition) is 4. The van der Waals surface area contributed by atoms with Crippen molar-refractivity contribution in [3.63, 3.8) is 0 Å². The lowest BCUT2D eigenvalue weighted by Gasteiger charge is -2.30. The van der Waals surface area contributed by atoms with Gasteiger partial charge in [-0.15, -0.1) is 0 Å². The second-order valence-electron chi connectivity index (χ2n) is 4.88. The first-order chi connectivity index (χ1) is 10.2. The summed E-state index contributed by atoms with van der Waals surface area (Å²) in [5.74, 6) is 0.534. The van der Waals surface area contributed by atoms with Crippen LogP contribution in [0.2, 0.25) is 0 Å². The van der Waals surface area contributed by atoms with Crippen molar-refractivity contribution in [2.24, 2.45) is 5.73 Å². The van der Waals surface area contributed by atoms with Crippen molar-refractivity contribution in [1.29, 1.82) is 0 Å². The maximum Gasteiger partial charge on any atom is 0.260 e. The van der Waals surface area contributed by atoms with Gasteiger partial charge in [0.05, 0.1) is 6.61 Å². The molecule has 1 aromatic carbocycles. The number of carbonyl (C=O) groups excluding carboxylic acids is 1. The first-order valence-corrected chi connectivity index (χ1v) is 7.48. The van der Waals surface area contributed by atoms with Gasteiger partial charge < -0.3 is 20.5 Å². The molecule has 118 valence electrons. The zero-order chi connectivity index (χ0) is 15.7. The number of amides is 1. The lowest BCUT2D eigenvalue weighted by Crippen LogP contribution is -2.44. The number of nitrogens with zero attached hydrogens (tertiary/aromatic N) is 1. The van der Waals surface area contributed by atoms with Gasteiger partial charge in [-0.2, -0.15) is 0 Å². The minimum absolute atomic E-state index is 0.0342. The van der Waals surface area contributed by atoms with Gasteiger partial charge in [0, 0.05) is 24.7 Å². The zero-order valence-electron chi connectivity index (χ0n) is 12.9. The van der Waals surface area contributed by atoms with E-state index in [9.17, 15) is 4.79 Å². The standard InChI is InChI=1S/C16H26N2O3/c1-3-14(4-2)18(9-10-19)16(20)12-21-15-8-6-5-7-13(15)11-17/h5-8,14,19H,3-4,9-12,17H2,1-2H3. The number of aliphatic hydroxyl groups is 1. The third-order valence-corrected chi connectivity index (χ3v) is 3.59. The molecule has 0 aromatic heterocycles. The number of carbonyl (C=O) groups is 1. The van der Waals surface area contributed by atoms with Crippen LogP contribution in [0.15, 0.2) is 24.3 Å². The molecule has 0 aliphatic rings. The molecular weight excluding hydrogens is 268 g/mol. The highest BCUT2D eigenvalue weighted by Crippen LogP contribution is 2.17. The van der Waals surface area contributed by atoms with Crippen LogP contribution in [0.3, 0.4) is 0 Å². The third-order valence-electron chi connectivity index (χ3n) is 3.59. The Morgan fingerprint density at radius 1 is 1.33 bits per heavy atom. The molecule has 5 nitrogen and oxygen atoms in total. The monoisotopic (exact) mass is 294 g/mol. The molecule has 0 saturated carbocycles. The lowest BCUT2D eigenvalue weighted by atomic mass is 10.1. The van der Waals surface area contributed by atoms with Gasteiger partial charge in [-0.3, -0.25) is 4.79 Å². The SMILES string of the molecule is CCC(CC)N(CCO)C(=O)COc1ccccc1CN. The second kappa shape index (κ2) is 9.37. The van der Waals surface area contributed by atoms with E-state index in [0.717, 1.165) is 18.4 Å². The van der Waals surface area contributed by atoms with E-state index in [2.05, 4.69) is 0 Å². The van der Waals surface area contributed by atoms with E-state index in [0.29, 0.717) is 18.8 Å². The minimum atomic E-state index is -0.107. The summed E-state index contributed by atoms with van der Waals surface area (Å²) in [5.41, 5.74) is 6.52. The van der Waals surface area contributed by atoms with Crippen LogP contribution >= 0.6 is 0 Å². The number of aliphatic hydroxyl groups excluding tert-OH is 1. The molecule has 0 radical (unpaired) electrons. The van der Waals surface area contributed by atoms with Crippen LogP contribution in [0.25, 0.3) is 0 Å². The summed E-state index contributed by atoms with van der Waals surface area (Å²) in [6.45, 7) is 4.71. The predicted octanol–water partition coefficient (Wildman–Crippen LogP) is 1.53. The van der Waals surface area contributed by atoms with Crippen LogP contribution < -0.4 is 10.5 Å². The molecule has 5 heteroatoms. The molecule has 0 unspecified atom stereocenters. The van der Waals surface area contributed by atoms with Crippen molar-refractivity contribution in [2.75, 3.05) is 19.8 Å². The maximum absolute atomic E-state index is 12.3. The van der Waals surface area contributed by atoms with Crippen molar-refractivity contribution < 1.29 is 14.6 Å². The van der Waals surface area contributed by atoms with Gasteiger partial charge in [-0.25, -0.2) is 0 Å². The van der Waals surface area contributed by atoms with E-state index in [4.69, 9.17) is 15.6 Å². The Morgan fingerprint density at radius 3 is 2.57 bits per heavy atom. The number of para-hydroxylation sites is 1. The minimum Gasteiger partial charge on any atom is -0.483 e. The molecule has 0 aliphatic carbocycles. The molecule has 0 bridgehead atoms. The molecule has 1 aromatic rings. The first kappa shape index (κ1) is 17.5. The van der Waals surface area contributed by atoms with Crippen molar-refractivity contribution in [3.05, 3.63) is 29.8 Å². The molecule has 21 heavy (non-hydrogen) atoms. The van der Waals surface area contributed by atoms with Crippen LogP contribution in [0, 0.1) is 0 Å². The summed E-state index contributed by atoms with van der Waals surface area (Å²) >= 11 is 0. The van der Waals surface area contributed by atoms with E-state index in [1.54, 1.807) is 4.90 Å². The van der Waals surface area contributed by atoms with Crippen LogP contribution in [0.1, 0.15) is 32.3 Å². The molecule has 0 fully saturated rings. The largest absolute Gasteiger partial charge is 0.483 e. The second-order valence-corrected chi connectivity index (χ2v) is 4.88. The molecule has 3 N–H and O–H groups in total. The number of benzene rings is 1. The van der Waals surface area contributed by atoms with Crippen molar-refractivity contribution in [2.45, 2.75) is 39.3 Å². The zero-order valence-corrected chi connectivity index (χ0v) is 12.9. The van der Waals surface area contributed by atoms with Gasteiger partial charge in [-0.1, -0.05) is 32.0 Å². The summed E-state index contributed by atoms with van der Waals surface area (Å²) in [6, 6.07) is 7.57. The van der Waals surface area contributed by atoms with Gasteiger partial charge in [-0.05, 0) is 18.9 Å². The molecule has 0 spiro atoms. The van der Waals surface area contributed by atoms with E-state index in [1.807, 2.05) is 38.1 Å². The maximum atomic E-state index is 12.3. The third kappa shape index (κ3) is 5.02. The quantitative estimate of drug-likeness (QED) is 0.724. The van der Waals surface area contributed by atoms with Gasteiger partial charge in [0.1, 0.15) is 5.75 Å². The van der Waals surface area contributed by atoms with Crippen LogP contribution in [-0.2, 0) is 11.3 Å². The van der Waals surface area contributed by atoms with E-state index < -0.39 is 0 Å². The van der Waals surface area contributed by atoms with Gasteiger partial charge in [0.25, 0.3) is 5.91 Å². The van der Waals surface area contributed by atoms with Crippen molar-refractivity contribution >= 4 is 5.91 Å². The van der Waals surface area contributed by atoms with Crippen LogP contribution in [0.5, 0.6) is 5.75 Å². The van der Waals surface area contributed by atoms with E-state index >= 15 is 0 Å². The van der Waals surface area contributed by atoms with Crippen molar-refractivity contribution in [3.8, 4) is 5.75 Å². The van der Waals surface area contributed by atoms with E-state index in [-0.39, 0.29) is 25.2 Å². The van der Waals surface area contributed by atoms with E-state index in [1.165, 1.54) is 0 Å². The first-order valence-electron chi connectivity index (χ1n) is 7.48. The Labute approximate surface area is 126 Å². The normalized spacial score (nSPS) is 10.7. The molecule has 0 saturated heterocycles. The average molecular weight is 294 g/mol. The number of ether oxygens (including phenoxy) is 1. The number of rotatable bonds is 9. The summed E-state index contributed by atoms with van der Waals surface area (Å²) < 4.78 is 5.60. The molecule has 0 heterocycles. The fourth-order valence-corrected chi connectivity index (χ4v) is 2.38. The van der Waals surface area contributed by atoms with Crippen molar-refractivity contribution in [1.82, 2.24) is 4.90 Å². The van der Waals surface area contributed by atoms with Crippen LogP contribution in [-0.4, -0.2) is 41.7 Å². The molecule has 0 atom stereocenters. The Balaban J connectivity index is 2.69. The number of hydrogen-bond donors (Lipinski definition) is 2. The van der Waals surface area contributed by atoms with Crippen LogP contribution in [0.4, 0.5) is 0 Å². The smallest absolute Gasteiger partial charge is 0.260 e. The lowest BCUT2D eigenvalue weighted by molar-refractivity contribution is -0.136. The molecule has 1 amide bonds. The Morgan fingerprint density at radius 2 is 2.00 bits per heavy atom. The number of nitrogens with two attached hydrogens (primary N) is 1. The summed E-state index contributed by atoms with van der Waals surface area (Å²) in [7, 11) is 0. The highest BCUT2D eigenvalue weighted by Gasteiger charge is 2.21. The van der Waals surface area contributed by atoms with Gasteiger partial charge in [0.15, 0.2) is 6.61 Å². The molecular formula is C16H26N2O3. The summed E-state index contributed by atoms with van der Waals surface area (Å²) in [6.07, 6.45) is 1.73. The predicted molar refractivity (Wildman–Crippen MR) is 83.0 cm³/mol.